The number of rotatable bonds is 5. The van der Waals surface area contributed by atoms with Crippen LogP contribution in [0, 0.1) is 0 Å². The Hall–Kier alpha value is -1.59. The maximum Gasteiger partial charge on any atom is 0.242 e. The van der Waals surface area contributed by atoms with Gasteiger partial charge in [-0.25, -0.2) is 0 Å². The van der Waals surface area contributed by atoms with Crippen LogP contribution in [0.15, 0.2) is 30.3 Å². The molecule has 1 saturated heterocycles. The zero-order valence-corrected chi connectivity index (χ0v) is 12.8. The third-order valence-electron chi connectivity index (χ3n) is 3.61. The topological polar surface area (TPSA) is 75.4 Å². The van der Waals surface area contributed by atoms with Gasteiger partial charge < -0.3 is 16.0 Å². The second kappa shape index (κ2) is 8.64. The lowest BCUT2D eigenvalue weighted by molar-refractivity contribution is -0.133. The van der Waals surface area contributed by atoms with E-state index < -0.39 is 0 Å². The molecule has 0 spiro atoms. The highest BCUT2D eigenvalue weighted by atomic mass is 35.5. The van der Waals surface area contributed by atoms with Crippen LogP contribution in [0.3, 0.4) is 0 Å². The summed E-state index contributed by atoms with van der Waals surface area (Å²) in [6.07, 6.45) is 2.25. The summed E-state index contributed by atoms with van der Waals surface area (Å²) in [6.45, 7) is 1.29. The van der Waals surface area contributed by atoms with Gasteiger partial charge in [-0.05, 0) is 18.4 Å². The van der Waals surface area contributed by atoms with Gasteiger partial charge in [0.1, 0.15) is 0 Å². The maximum atomic E-state index is 12.0. The summed E-state index contributed by atoms with van der Waals surface area (Å²) in [5, 5.41) is 2.68. The Balaban J connectivity index is 0.00000220. The number of nitrogens with zero attached hydrogens (tertiary/aromatic N) is 1. The van der Waals surface area contributed by atoms with Gasteiger partial charge in [-0.15, -0.1) is 12.4 Å². The third kappa shape index (κ3) is 5.02. The first-order chi connectivity index (χ1) is 9.70. The fourth-order valence-corrected chi connectivity index (χ4v) is 2.53. The molecular formula is C15H22ClN3O2. The van der Waals surface area contributed by atoms with Crippen molar-refractivity contribution in [2.24, 2.45) is 5.73 Å². The molecule has 1 aromatic carbocycles. The van der Waals surface area contributed by atoms with Gasteiger partial charge in [0.05, 0.1) is 13.0 Å². The molecule has 1 aromatic rings. The fraction of sp³-hybridized carbons (Fsp3) is 0.467. The average molecular weight is 312 g/mol. The van der Waals surface area contributed by atoms with E-state index >= 15 is 0 Å². The van der Waals surface area contributed by atoms with Gasteiger partial charge in [0.2, 0.25) is 11.8 Å². The van der Waals surface area contributed by atoms with Crippen molar-refractivity contribution in [1.29, 1.82) is 0 Å². The maximum absolute atomic E-state index is 12.0. The smallest absolute Gasteiger partial charge is 0.242 e. The Morgan fingerprint density at radius 2 is 2.00 bits per heavy atom. The second-order valence-electron chi connectivity index (χ2n) is 5.06. The van der Waals surface area contributed by atoms with Crippen molar-refractivity contribution in [3.05, 3.63) is 35.9 Å². The van der Waals surface area contributed by atoms with Gasteiger partial charge in [0, 0.05) is 19.1 Å². The fourth-order valence-electron chi connectivity index (χ4n) is 2.53. The molecule has 2 amide bonds. The van der Waals surface area contributed by atoms with Crippen LogP contribution in [0.4, 0.5) is 0 Å². The molecule has 5 nitrogen and oxygen atoms in total. The molecule has 3 N–H and O–H groups in total. The summed E-state index contributed by atoms with van der Waals surface area (Å²) in [5.74, 6) is -0.174. The first-order valence-corrected chi connectivity index (χ1v) is 7.01. The molecule has 0 aromatic heterocycles. The monoisotopic (exact) mass is 311 g/mol. The van der Waals surface area contributed by atoms with Crippen LogP contribution in [0.1, 0.15) is 18.4 Å². The van der Waals surface area contributed by atoms with Crippen molar-refractivity contribution in [3.63, 3.8) is 0 Å². The number of nitrogens with one attached hydrogen (secondary N) is 1. The number of likely N-dealkylation sites (tertiary alicyclic amines) is 1. The van der Waals surface area contributed by atoms with Gasteiger partial charge in [0.15, 0.2) is 0 Å². The zero-order chi connectivity index (χ0) is 14.4. The summed E-state index contributed by atoms with van der Waals surface area (Å²) < 4.78 is 0. The van der Waals surface area contributed by atoms with Gasteiger partial charge in [-0.2, -0.15) is 0 Å². The lowest BCUT2D eigenvalue weighted by atomic mass is 10.1. The number of hydrogen-bond donors (Lipinski definition) is 2. The van der Waals surface area contributed by atoms with Crippen molar-refractivity contribution >= 4 is 24.2 Å². The number of halogens is 1. The van der Waals surface area contributed by atoms with Crippen LogP contribution in [0.5, 0.6) is 0 Å². The summed E-state index contributed by atoms with van der Waals surface area (Å²) in [5.41, 5.74) is 6.58. The average Bonchev–Trinajstić information content (AvgIpc) is 2.94. The van der Waals surface area contributed by atoms with Crippen molar-refractivity contribution < 1.29 is 9.59 Å². The molecule has 1 aliphatic heterocycles. The van der Waals surface area contributed by atoms with Gasteiger partial charge >= 0.3 is 0 Å². The highest BCUT2D eigenvalue weighted by molar-refractivity contribution is 5.86. The van der Waals surface area contributed by atoms with Crippen molar-refractivity contribution in [3.8, 4) is 0 Å². The molecule has 1 atom stereocenters. The zero-order valence-electron chi connectivity index (χ0n) is 12.0. The number of benzene rings is 1. The van der Waals surface area contributed by atoms with E-state index in [9.17, 15) is 9.59 Å². The Labute approximate surface area is 131 Å². The van der Waals surface area contributed by atoms with Gasteiger partial charge in [0.25, 0.3) is 0 Å². The minimum absolute atomic E-state index is 0. The van der Waals surface area contributed by atoms with Crippen LogP contribution in [-0.4, -0.2) is 42.4 Å². The van der Waals surface area contributed by atoms with E-state index in [4.69, 9.17) is 5.73 Å². The molecule has 0 bridgehead atoms. The predicted octanol–water partition coefficient (Wildman–Crippen LogP) is 0.717. The molecule has 6 heteroatoms. The minimum Gasteiger partial charge on any atom is -0.347 e. The summed E-state index contributed by atoms with van der Waals surface area (Å²) in [7, 11) is 0. The SMILES string of the molecule is Cl.NCC1CCCN1C(=O)CNC(=O)Cc1ccccc1. The summed E-state index contributed by atoms with van der Waals surface area (Å²) in [6, 6.07) is 9.62. The third-order valence-corrected chi connectivity index (χ3v) is 3.61. The van der Waals surface area contributed by atoms with Crippen LogP contribution >= 0.6 is 12.4 Å². The molecule has 1 unspecified atom stereocenters. The largest absolute Gasteiger partial charge is 0.347 e. The molecule has 21 heavy (non-hydrogen) atoms. The van der Waals surface area contributed by atoms with Gasteiger partial charge in [-0.1, -0.05) is 30.3 Å². The van der Waals surface area contributed by atoms with Crippen molar-refractivity contribution in [2.45, 2.75) is 25.3 Å². The van der Waals surface area contributed by atoms with E-state index in [1.807, 2.05) is 30.3 Å². The first kappa shape index (κ1) is 17.5. The molecule has 0 saturated carbocycles. The number of carbonyl (C=O) groups excluding carboxylic acids is 2. The molecule has 116 valence electrons. The van der Waals surface area contributed by atoms with E-state index in [2.05, 4.69) is 5.32 Å². The van der Waals surface area contributed by atoms with Crippen molar-refractivity contribution in [2.75, 3.05) is 19.6 Å². The molecule has 1 heterocycles. The molecule has 1 fully saturated rings. The minimum atomic E-state index is -0.131. The van der Waals surface area contributed by atoms with Crippen LogP contribution in [-0.2, 0) is 16.0 Å². The van der Waals surface area contributed by atoms with Crippen molar-refractivity contribution in [1.82, 2.24) is 10.2 Å². The number of carbonyl (C=O) groups is 2. The van der Waals surface area contributed by atoms with Crippen LogP contribution < -0.4 is 11.1 Å². The van der Waals surface area contributed by atoms with E-state index in [0.717, 1.165) is 24.9 Å². The lowest BCUT2D eigenvalue weighted by Crippen LogP contribution is -2.45. The number of hydrogen-bond acceptors (Lipinski definition) is 3. The summed E-state index contributed by atoms with van der Waals surface area (Å²) in [4.78, 5) is 25.6. The Bertz CT molecular complexity index is 467. The molecule has 0 aliphatic carbocycles. The number of amides is 2. The first-order valence-electron chi connectivity index (χ1n) is 7.01. The molecule has 1 aliphatic rings. The van der Waals surface area contributed by atoms with E-state index in [-0.39, 0.29) is 36.8 Å². The van der Waals surface area contributed by atoms with Gasteiger partial charge in [-0.3, -0.25) is 9.59 Å². The van der Waals surface area contributed by atoms with Crippen LogP contribution in [0.2, 0.25) is 0 Å². The molecular weight excluding hydrogens is 290 g/mol. The quantitative estimate of drug-likeness (QED) is 0.841. The molecule has 2 rings (SSSR count). The van der Waals surface area contributed by atoms with E-state index in [0.29, 0.717) is 13.0 Å². The Kier molecular flexibility index (Phi) is 7.19. The second-order valence-corrected chi connectivity index (χ2v) is 5.06. The van der Waals surface area contributed by atoms with Crippen LogP contribution in [0.25, 0.3) is 0 Å². The predicted molar refractivity (Wildman–Crippen MR) is 84.2 cm³/mol. The Morgan fingerprint density at radius 1 is 1.29 bits per heavy atom. The lowest BCUT2D eigenvalue weighted by Gasteiger charge is -2.23. The summed E-state index contributed by atoms with van der Waals surface area (Å²) >= 11 is 0. The van der Waals surface area contributed by atoms with E-state index in [1.54, 1.807) is 4.90 Å². The van der Waals surface area contributed by atoms with E-state index in [1.165, 1.54) is 0 Å². The Morgan fingerprint density at radius 3 is 2.67 bits per heavy atom. The molecule has 0 radical (unpaired) electrons. The highest BCUT2D eigenvalue weighted by Crippen LogP contribution is 2.15. The highest BCUT2D eigenvalue weighted by Gasteiger charge is 2.27. The normalized spacial score (nSPS) is 17.2. The standard InChI is InChI=1S/C15H21N3O2.ClH/c16-10-13-7-4-8-18(13)15(20)11-17-14(19)9-12-5-2-1-3-6-12;/h1-3,5-6,13H,4,7-11,16H2,(H,17,19);1H. The number of nitrogens with two attached hydrogens (primary N) is 1.